The fraction of sp³-hybridized carbons (Fsp3) is 0.250. The van der Waals surface area contributed by atoms with Crippen molar-refractivity contribution in [1.29, 1.82) is 0 Å². The normalized spacial score (nSPS) is 15.5. The van der Waals surface area contributed by atoms with E-state index in [0.29, 0.717) is 0 Å². The summed E-state index contributed by atoms with van der Waals surface area (Å²) in [5, 5.41) is 0. The topological polar surface area (TPSA) is 54.5 Å². The summed E-state index contributed by atoms with van der Waals surface area (Å²) >= 11 is 0. The molecule has 0 N–H and O–H groups in total. The largest absolute Gasteiger partial charge is 0.292 e. The van der Waals surface area contributed by atoms with Crippen LogP contribution in [-0.4, -0.2) is 29.0 Å². The van der Waals surface area contributed by atoms with E-state index in [1.54, 1.807) is 0 Å². The van der Waals surface area contributed by atoms with Gasteiger partial charge in [-0.1, -0.05) is 12.1 Å². The fourth-order valence-electron chi connectivity index (χ4n) is 1.70. The van der Waals surface area contributed by atoms with Crippen molar-refractivity contribution in [2.75, 3.05) is 6.54 Å². The number of imide groups is 1. The molecule has 1 aliphatic rings. The van der Waals surface area contributed by atoms with Crippen LogP contribution >= 0.6 is 0 Å². The highest BCUT2D eigenvalue weighted by atomic mass is 19.1. The van der Waals surface area contributed by atoms with Gasteiger partial charge in [0.05, 0.1) is 6.54 Å². The molecule has 4 nitrogen and oxygen atoms in total. The Balaban J connectivity index is 2.12. The average Bonchev–Trinajstić information content (AvgIpc) is 2.61. The molecule has 1 aromatic rings. The number of ketones is 1. The molecule has 1 fully saturated rings. The first kappa shape index (κ1) is 11.4. The molecule has 0 aromatic heterocycles. The Hall–Kier alpha value is -2.04. The highest BCUT2D eigenvalue weighted by molar-refractivity contribution is 6.07. The maximum absolute atomic E-state index is 12.9. The highest BCUT2D eigenvalue weighted by Gasteiger charge is 2.30. The Morgan fingerprint density at radius 3 is 2.47 bits per heavy atom. The zero-order chi connectivity index (χ0) is 12.4. The SMILES string of the molecule is O=C(CN1C(=O)CCC1=O)c1cccc(F)c1. The monoisotopic (exact) mass is 235 g/mol. The number of carbonyl (C=O) groups is 3. The predicted octanol–water partition coefficient (Wildman–Crippen LogP) is 1.16. The number of halogens is 1. The molecule has 17 heavy (non-hydrogen) atoms. The number of hydrogen-bond donors (Lipinski definition) is 0. The van der Waals surface area contributed by atoms with Crippen molar-refractivity contribution in [2.24, 2.45) is 0 Å². The third kappa shape index (κ3) is 2.38. The number of benzene rings is 1. The van der Waals surface area contributed by atoms with Gasteiger partial charge >= 0.3 is 0 Å². The van der Waals surface area contributed by atoms with Gasteiger partial charge in [-0.2, -0.15) is 0 Å². The van der Waals surface area contributed by atoms with Crippen LogP contribution in [0.5, 0.6) is 0 Å². The first-order valence-corrected chi connectivity index (χ1v) is 5.20. The molecule has 0 atom stereocenters. The Morgan fingerprint density at radius 1 is 1.24 bits per heavy atom. The summed E-state index contributed by atoms with van der Waals surface area (Å²) in [7, 11) is 0. The van der Waals surface area contributed by atoms with E-state index in [1.807, 2.05) is 0 Å². The van der Waals surface area contributed by atoms with Gasteiger partial charge in [0.1, 0.15) is 5.82 Å². The summed E-state index contributed by atoms with van der Waals surface area (Å²) in [6.07, 6.45) is 0.296. The molecule has 0 radical (unpaired) electrons. The zero-order valence-electron chi connectivity index (χ0n) is 8.98. The zero-order valence-corrected chi connectivity index (χ0v) is 8.98. The summed E-state index contributed by atoms with van der Waals surface area (Å²) in [5.41, 5.74) is 0.164. The summed E-state index contributed by atoms with van der Waals surface area (Å²) in [6, 6.07) is 5.18. The number of nitrogens with zero attached hydrogens (tertiary/aromatic N) is 1. The van der Waals surface area contributed by atoms with Crippen molar-refractivity contribution in [3.8, 4) is 0 Å². The molecule has 1 heterocycles. The number of carbonyl (C=O) groups excluding carboxylic acids is 3. The summed E-state index contributed by atoms with van der Waals surface area (Å²) in [6.45, 7) is -0.304. The summed E-state index contributed by atoms with van der Waals surface area (Å²) in [5.74, 6) is -1.65. The third-order valence-corrected chi connectivity index (χ3v) is 2.60. The minimum atomic E-state index is -0.519. The van der Waals surface area contributed by atoms with Crippen LogP contribution in [0.3, 0.4) is 0 Å². The van der Waals surface area contributed by atoms with E-state index in [1.165, 1.54) is 18.2 Å². The predicted molar refractivity (Wildman–Crippen MR) is 56.7 cm³/mol. The van der Waals surface area contributed by atoms with Crippen LogP contribution in [0.2, 0.25) is 0 Å². The third-order valence-electron chi connectivity index (χ3n) is 2.60. The molecule has 1 aliphatic heterocycles. The number of rotatable bonds is 3. The minimum absolute atomic E-state index is 0.148. The van der Waals surface area contributed by atoms with Gasteiger partial charge in [-0.3, -0.25) is 19.3 Å². The molecule has 0 aliphatic carbocycles. The van der Waals surface area contributed by atoms with E-state index < -0.39 is 11.6 Å². The van der Waals surface area contributed by atoms with Gasteiger partial charge in [-0.05, 0) is 12.1 Å². The van der Waals surface area contributed by atoms with Gasteiger partial charge in [-0.25, -0.2) is 4.39 Å². The van der Waals surface area contributed by atoms with Crippen molar-refractivity contribution in [1.82, 2.24) is 4.90 Å². The van der Waals surface area contributed by atoms with Crippen LogP contribution in [0.1, 0.15) is 23.2 Å². The minimum Gasteiger partial charge on any atom is -0.292 e. The van der Waals surface area contributed by atoms with Gasteiger partial charge in [0.15, 0.2) is 5.78 Å². The van der Waals surface area contributed by atoms with Crippen LogP contribution in [0, 0.1) is 5.82 Å². The van der Waals surface area contributed by atoms with E-state index in [9.17, 15) is 18.8 Å². The van der Waals surface area contributed by atoms with E-state index in [2.05, 4.69) is 0 Å². The quantitative estimate of drug-likeness (QED) is 0.583. The Kier molecular flexibility index (Phi) is 2.99. The van der Waals surface area contributed by atoms with Gasteiger partial charge < -0.3 is 0 Å². The van der Waals surface area contributed by atoms with Crippen molar-refractivity contribution >= 4 is 17.6 Å². The first-order valence-electron chi connectivity index (χ1n) is 5.20. The lowest BCUT2D eigenvalue weighted by Gasteiger charge is -2.12. The molecule has 0 bridgehead atoms. The second kappa shape index (κ2) is 4.45. The molecule has 0 spiro atoms. The lowest BCUT2D eigenvalue weighted by molar-refractivity contribution is -0.137. The van der Waals surface area contributed by atoms with Crippen LogP contribution in [0.4, 0.5) is 4.39 Å². The maximum Gasteiger partial charge on any atom is 0.230 e. The number of hydrogen-bond acceptors (Lipinski definition) is 3. The second-order valence-corrected chi connectivity index (χ2v) is 3.81. The molecule has 1 saturated heterocycles. The number of likely N-dealkylation sites (tertiary alicyclic amines) is 1. The van der Waals surface area contributed by atoms with Crippen molar-refractivity contribution < 1.29 is 18.8 Å². The van der Waals surface area contributed by atoms with E-state index in [0.717, 1.165) is 11.0 Å². The maximum atomic E-state index is 12.9. The van der Waals surface area contributed by atoms with Crippen LogP contribution in [0.25, 0.3) is 0 Å². The first-order chi connectivity index (χ1) is 8.08. The molecular formula is C12H10FNO3. The lowest BCUT2D eigenvalue weighted by atomic mass is 10.1. The van der Waals surface area contributed by atoms with E-state index in [4.69, 9.17) is 0 Å². The molecule has 1 aromatic carbocycles. The van der Waals surface area contributed by atoms with Gasteiger partial charge in [0.2, 0.25) is 11.8 Å². The molecule has 2 amide bonds. The standard InChI is InChI=1S/C12H10FNO3/c13-9-3-1-2-8(6-9)10(15)7-14-11(16)4-5-12(14)17/h1-3,6H,4-5,7H2. The Morgan fingerprint density at radius 2 is 1.88 bits per heavy atom. The van der Waals surface area contributed by atoms with Gasteiger partial charge in [0.25, 0.3) is 0 Å². The summed E-state index contributed by atoms with van der Waals surface area (Å²) < 4.78 is 12.9. The second-order valence-electron chi connectivity index (χ2n) is 3.81. The van der Waals surface area contributed by atoms with Crippen LogP contribution < -0.4 is 0 Å². The van der Waals surface area contributed by atoms with Crippen LogP contribution in [-0.2, 0) is 9.59 Å². The van der Waals surface area contributed by atoms with Crippen LogP contribution in [0.15, 0.2) is 24.3 Å². The fourth-order valence-corrected chi connectivity index (χ4v) is 1.70. The molecule has 0 saturated carbocycles. The average molecular weight is 235 g/mol. The number of amides is 2. The molecule has 88 valence electrons. The van der Waals surface area contributed by atoms with Gasteiger partial charge in [0, 0.05) is 18.4 Å². The van der Waals surface area contributed by atoms with E-state index in [-0.39, 0.29) is 36.8 Å². The molecular weight excluding hydrogens is 225 g/mol. The summed E-state index contributed by atoms with van der Waals surface area (Å²) in [4.78, 5) is 35.2. The van der Waals surface area contributed by atoms with Crippen molar-refractivity contribution in [2.45, 2.75) is 12.8 Å². The van der Waals surface area contributed by atoms with E-state index >= 15 is 0 Å². The van der Waals surface area contributed by atoms with Crippen molar-refractivity contribution in [3.05, 3.63) is 35.6 Å². The Labute approximate surface area is 97.0 Å². The molecule has 0 unspecified atom stereocenters. The molecule has 5 heteroatoms. The Bertz CT molecular complexity index is 482. The van der Waals surface area contributed by atoms with Crippen molar-refractivity contribution in [3.63, 3.8) is 0 Å². The number of Topliss-reactive ketones (excluding diaryl/α,β-unsaturated/α-hetero) is 1. The molecule has 2 rings (SSSR count). The van der Waals surface area contributed by atoms with Gasteiger partial charge in [-0.15, -0.1) is 0 Å². The lowest BCUT2D eigenvalue weighted by Crippen LogP contribution is -2.34. The smallest absolute Gasteiger partial charge is 0.230 e. The highest BCUT2D eigenvalue weighted by Crippen LogP contribution is 2.13.